The Bertz CT molecular complexity index is 1070. The molecule has 0 saturated heterocycles. The summed E-state index contributed by atoms with van der Waals surface area (Å²) < 4.78 is 66.5. The van der Waals surface area contributed by atoms with Crippen molar-refractivity contribution in [3.8, 4) is 0 Å². The molecular formula is C27H31F5N4. The minimum Gasteiger partial charge on any atom is -0.311 e. The lowest BCUT2D eigenvalue weighted by molar-refractivity contribution is 0.251. The van der Waals surface area contributed by atoms with Crippen LogP contribution in [0.3, 0.4) is 0 Å². The summed E-state index contributed by atoms with van der Waals surface area (Å²) >= 11 is 0. The predicted octanol–water partition coefficient (Wildman–Crippen LogP) is 4.62. The molecule has 3 aromatic carbocycles. The quantitative estimate of drug-likeness (QED) is 0.170. The van der Waals surface area contributed by atoms with Crippen LogP contribution in [0.5, 0.6) is 0 Å². The van der Waals surface area contributed by atoms with E-state index < -0.39 is 23.3 Å². The lowest BCUT2D eigenvalue weighted by Crippen LogP contribution is -2.41. The number of hydrogen-bond acceptors (Lipinski definition) is 4. The Kier molecular flexibility index (Phi) is 10.8. The molecule has 0 atom stereocenters. The average molecular weight is 507 g/mol. The Morgan fingerprint density at radius 2 is 1.00 bits per heavy atom. The number of benzene rings is 3. The van der Waals surface area contributed by atoms with Crippen LogP contribution in [0.2, 0.25) is 0 Å². The topological polar surface area (TPSA) is 39.3 Å². The highest BCUT2D eigenvalue weighted by atomic mass is 19.2. The Morgan fingerprint density at radius 1 is 0.556 bits per heavy atom. The first kappa shape index (κ1) is 27.7. The third kappa shape index (κ3) is 8.98. The summed E-state index contributed by atoms with van der Waals surface area (Å²) in [4.78, 5) is 2.16. The van der Waals surface area contributed by atoms with Crippen LogP contribution >= 0.6 is 0 Å². The average Bonchev–Trinajstić information content (AvgIpc) is 2.85. The van der Waals surface area contributed by atoms with Gasteiger partial charge in [-0.15, -0.1) is 0 Å². The van der Waals surface area contributed by atoms with E-state index in [1.54, 1.807) is 19.1 Å². The van der Waals surface area contributed by atoms with Crippen molar-refractivity contribution in [2.24, 2.45) is 0 Å². The standard InChI is InChI=1S/C27H31F5N4/c1-19-12-20(2-5-23(19)28)17-35-18-36(10-8-33-15-21-3-6-24(29)26(31)13-21)11-9-34-16-22-4-7-25(30)27(32)14-22/h2-7,12-14,33-35H,8-11,15-18H2,1H3. The highest BCUT2D eigenvalue weighted by Crippen LogP contribution is 2.10. The first-order chi connectivity index (χ1) is 17.3. The van der Waals surface area contributed by atoms with E-state index in [0.717, 1.165) is 17.7 Å². The third-order valence-electron chi connectivity index (χ3n) is 5.72. The maximum atomic E-state index is 13.5. The first-order valence-electron chi connectivity index (χ1n) is 11.8. The minimum atomic E-state index is -0.872. The Labute approximate surface area is 208 Å². The number of aryl methyl sites for hydroxylation is 1. The maximum absolute atomic E-state index is 13.5. The van der Waals surface area contributed by atoms with Crippen molar-refractivity contribution in [1.82, 2.24) is 20.9 Å². The summed E-state index contributed by atoms with van der Waals surface area (Å²) in [5, 5.41) is 9.82. The molecule has 0 aliphatic rings. The maximum Gasteiger partial charge on any atom is 0.159 e. The van der Waals surface area contributed by atoms with Crippen LogP contribution in [0.25, 0.3) is 0 Å². The largest absolute Gasteiger partial charge is 0.311 e. The zero-order valence-corrected chi connectivity index (χ0v) is 20.2. The van der Waals surface area contributed by atoms with Crippen molar-refractivity contribution >= 4 is 0 Å². The van der Waals surface area contributed by atoms with Crippen molar-refractivity contribution in [2.45, 2.75) is 26.6 Å². The molecule has 0 bridgehead atoms. The first-order valence-corrected chi connectivity index (χ1v) is 11.8. The van der Waals surface area contributed by atoms with E-state index in [-0.39, 0.29) is 5.82 Å². The van der Waals surface area contributed by atoms with Gasteiger partial charge in [-0.25, -0.2) is 22.0 Å². The molecule has 0 aliphatic carbocycles. The van der Waals surface area contributed by atoms with Gasteiger partial charge in [0.2, 0.25) is 0 Å². The van der Waals surface area contributed by atoms with E-state index >= 15 is 0 Å². The molecule has 194 valence electrons. The second-order valence-corrected chi connectivity index (χ2v) is 8.64. The van der Waals surface area contributed by atoms with Gasteiger partial charge in [0.25, 0.3) is 0 Å². The van der Waals surface area contributed by atoms with Gasteiger partial charge in [0.05, 0.1) is 0 Å². The SMILES string of the molecule is Cc1cc(CNCN(CCNCc2ccc(F)c(F)c2)CCNCc2ccc(F)c(F)c2)ccc1F. The fraction of sp³-hybridized carbons (Fsp3) is 0.333. The van der Waals surface area contributed by atoms with Gasteiger partial charge < -0.3 is 16.0 Å². The molecule has 36 heavy (non-hydrogen) atoms. The van der Waals surface area contributed by atoms with Crippen LogP contribution in [-0.2, 0) is 19.6 Å². The van der Waals surface area contributed by atoms with E-state index in [0.29, 0.717) is 69.2 Å². The molecule has 0 saturated carbocycles. The Balaban J connectivity index is 1.46. The lowest BCUT2D eigenvalue weighted by Gasteiger charge is -2.23. The second-order valence-electron chi connectivity index (χ2n) is 8.64. The Morgan fingerprint density at radius 3 is 1.47 bits per heavy atom. The molecule has 0 aromatic heterocycles. The molecule has 0 fully saturated rings. The van der Waals surface area contributed by atoms with Crippen LogP contribution in [0.4, 0.5) is 22.0 Å². The predicted molar refractivity (Wildman–Crippen MR) is 131 cm³/mol. The molecule has 9 heteroatoms. The molecule has 3 N–H and O–H groups in total. The van der Waals surface area contributed by atoms with Gasteiger partial charge in [-0.05, 0) is 59.5 Å². The van der Waals surface area contributed by atoms with Crippen LogP contribution in [0.1, 0.15) is 22.3 Å². The van der Waals surface area contributed by atoms with Gasteiger partial charge in [0.15, 0.2) is 23.3 Å². The van der Waals surface area contributed by atoms with E-state index in [2.05, 4.69) is 20.9 Å². The molecule has 0 aliphatic heterocycles. The zero-order valence-electron chi connectivity index (χ0n) is 20.2. The summed E-state index contributed by atoms with van der Waals surface area (Å²) in [7, 11) is 0. The third-order valence-corrected chi connectivity index (χ3v) is 5.72. The number of hydrogen-bond donors (Lipinski definition) is 3. The smallest absolute Gasteiger partial charge is 0.159 e. The fourth-order valence-electron chi connectivity index (χ4n) is 3.68. The van der Waals surface area contributed by atoms with Crippen LogP contribution in [-0.4, -0.2) is 37.7 Å². The van der Waals surface area contributed by atoms with Crippen molar-refractivity contribution < 1.29 is 22.0 Å². The van der Waals surface area contributed by atoms with E-state index in [9.17, 15) is 22.0 Å². The highest BCUT2D eigenvalue weighted by Gasteiger charge is 2.07. The highest BCUT2D eigenvalue weighted by molar-refractivity contribution is 5.23. The molecular weight excluding hydrogens is 475 g/mol. The molecule has 3 aromatic rings. The molecule has 0 unspecified atom stereocenters. The number of rotatable bonds is 14. The number of halogens is 5. The lowest BCUT2D eigenvalue weighted by atomic mass is 10.1. The van der Waals surface area contributed by atoms with Crippen LogP contribution < -0.4 is 16.0 Å². The normalized spacial score (nSPS) is 11.4. The summed E-state index contributed by atoms with van der Waals surface area (Å²) in [6.45, 7) is 6.24. The van der Waals surface area contributed by atoms with Gasteiger partial charge in [-0.2, -0.15) is 0 Å². The van der Waals surface area contributed by atoms with Gasteiger partial charge in [-0.3, -0.25) is 4.90 Å². The summed E-state index contributed by atoms with van der Waals surface area (Å²) in [6.07, 6.45) is 0. The number of nitrogens with zero attached hydrogens (tertiary/aromatic N) is 1. The van der Waals surface area contributed by atoms with Gasteiger partial charge >= 0.3 is 0 Å². The van der Waals surface area contributed by atoms with E-state index in [4.69, 9.17) is 0 Å². The van der Waals surface area contributed by atoms with Crippen molar-refractivity contribution in [3.05, 3.63) is 106 Å². The molecule has 4 nitrogen and oxygen atoms in total. The van der Waals surface area contributed by atoms with Gasteiger partial charge in [0.1, 0.15) is 5.82 Å². The van der Waals surface area contributed by atoms with Crippen LogP contribution in [0.15, 0.2) is 54.6 Å². The zero-order chi connectivity index (χ0) is 25.9. The van der Waals surface area contributed by atoms with Crippen LogP contribution in [0, 0.1) is 36.0 Å². The summed E-state index contributed by atoms with van der Waals surface area (Å²) in [5.74, 6) is -3.72. The monoisotopic (exact) mass is 506 g/mol. The van der Waals surface area contributed by atoms with Crippen molar-refractivity contribution in [1.29, 1.82) is 0 Å². The molecule has 0 heterocycles. The Hall–Kier alpha value is -2.85. The summed E-state index contributed by atoms with van der Waals surface area (Å²) in [5.41, 5.74) is 2.87. The fourth-order valence-corrected chi connectivity index (χ4v) is 3.68. The molecule has 0 spiro atoms. The molecule has 0 amide bonds. The minimum absolute atomic E-state index is 0.236. The van der Waals surface area contributed by atoms with E-state index in [1.165, 1.54) is 30.3 Å². The van der Waals surface area contributed by atoms with Crippen molar-refractivity contribution in [3.63, 3.8) is 0 Å². The summed E-state index contributed by atoms with van der Waals surface area (Å²) in [6, 6.07) is 12.6. The second kappa shape index (κ2) is 14.0. The van der Waals surface area contributed by atoms with Crippen molar-refractivity contribution in [2.75, 3.05) is 32.8 Å². The molecule has 0 radical (unpaired) electrons. The van der Waals surface area contributed by atoms with E-state index in [1.807, 2.05) is 0 Å². The number of nitrogens with one attached hydrogen (secondary N) is 3. The van der Waals surface area contributed by atoms with Gasteiger partial charge in [-0.1, -0.05) is 24.3 Å². The molecule has 3 rings (SSSR count). The van der Waals surface area contributed by atoms with Gasteiger partial charge in [0, 0.05) is 52.5 Å².